The summed E-state index contributed by atoms with van der Waals surface area (Å²) < 4.78 is 15.8. The lowest BCUT2D eigenvalue weighted by molar-refractivity contribution is -0.116. The fraction of sp³-hybridized carbons (Fsp3) is 0.160. The van der Waals surface area contributed by atoms with Gasteiger partial charge in [0.1, 0.15) is 11.5 Å². The molecule has 10 heteroatoms. The number of carbonyl (C=O) groups excluding carboxylic acids is 2. The van der Waals surface area contributed by atoms with Crippen molar-refractivity contribution >= 4 is 23.2 Å². The number of aromatic nitrogens is 3. The molecule has 0 aliphatic rings. The van der Waals surface area contributed by atoms with Crippen LogP contribution in [-0.4, -0.2) is 41.2 Å². The molecule has 35 heavy (non-hydrogen) atoms. The SMILES string of the molecule is COc1ccc(-c2noc(CCC(=O)Nc3ccc(NC(=O)c4cccnc4)c(OC)c3)n2)cc1. The van der Waals surface area contributed by atoms with Gasteiger partial charge in [0.25, 0.3) is 5.91 Å². The van der Waals surface area contributed by atoms with E-state index >= 15 is 0 Å². The summed E-state index contributed by atoms with van der Waals surface area (Å²) in [6.45, 7) is 0. The number of pyridine rings is 1. The molecule has 4 aromatic rings. The van der Waals surface area contributed by atoms with Crippen molar-refractivity contribution in [2.75, 3.05) is 24.9 Å². The van der Waals surface area contributed by atoms with E-state index in [0.29, 0.717) is 34.4 Å². The van der Waals surface area contributed by atoms with Crippen LogP contribution in [0.2, 0.25) is 0 Å². The Kier molecular flexibility index (Phi) is 7.31. The molecule has 0 fully saturated rings. The fourth-order valence-electron chi connectivity index (χ4n) is 3.22. The number of benzene rings is 2. The number of rotatable bonds is 9. The van der Waals surface area contributed by atoms with Crippen LogP contribution in [0.4, 0.5) is 11.4 Å². The van der Waals surface area contributed by atoms with Crippen molar-refractivity contribution in [2.45, 2.75) is 12.8 Å². The average molecular weight is 473 g/mol. The third-order valence-corrected chi connectivity index (χ3v) is 5.04. The van der Waals surface area contributed by atoms with Crippen molar-refractivity contribution in [3.63, 3.8) is 0 Å². The maximum absolute atomic E-state index is 12.4. The van der Waals surface area contributed by atoms with Crippen LogP contribution >= 0.6 is 0 Å². The second-order valence-corrected chi connectivity index (χ2v) is 7.40. The number of amides is 2. The highest BCUT2D eigenvalue weighted by Gasteiger charge is 2.14. The zero-order valence-corrected chi connectivity index (χ0v) is 19.1. The maximum Gasteiger partial charge on any atom is 0.257 e. The van der Waals surface area contributed by atoms with E-state index in [2.05, 4.69) is 25.8 Å². The quantitative estimate of drug-likeness (QED) is 0.374. The number of nitrogens with one attached hydrogen (secondary N) is 2. The minimum absolute atomic E-state index is 0.145. The Morgan fingerprint density at radius 1 is 1.00 bits per heavy atom. The first kappa shape index (κ1) is 23.4. The number of methoxy groups -OCH3 is 2. The lowest BCUT2D eigenvalue weighted by Gasteiger charge is -2.12. The van der Waals surface area contributed by atoms with Gasteiger partial charge < -0.3 is 24.6 Å². The minimum atomic E-state index is -0.318. The Morgan fingerprint density at radius 2 is 1.83 bits per heavy atom. The standard InChI is InChI=1S/C25H23N5O5/c1-33-19-8-5-16(6-9-19)24-29-23(35-30-24)12-11-22(31)27-18-7-10-20(21(14-18)34-2)28-25(32)17-4-3-13-26-15-17/h3-10,13-15H,11-12H2,1-2H3,(H,27,31)(H,28,32). The van der Waals surface area contributed by atoms with E-state index in [4.69, 9.17) is 14.0 Å². The van der Waals surface area contributed by atoms with Gasteiger partial charge >= 0.3 is 0 Å². The Hall–Kier alpha value is -4.73. The molecule has 0 radical (unpaired) electrons. The van der Waals surface area contributed by atoms with Gasteiger partial charge in [-0.1, -0.05) is 5.16 Å². The van der Waals surface area contributed by atoms with Crippen LogP contribution in [0.5, 0.6) is 11.5 Å². The summed E-state index contributed by atoms with van der Waals surface area (Å²) in [6, 6.07) is 15.6. The number of nitrogens with zero attached hydrogens (tertiary/aromatic N) is 3. The Bertz CT molecular complexity index is 1310. The molecule has 2 amide bonds. The summed E-state index contributed by atoms with van der Waals surface area (Å²) in [5, 5.41) is 9.55. The molecule has 178 valence electrons. The molecule has 0 spiro atoms. The second-order valence-electron chi connectivity index (χ2n) is 7.40. The van der Waals surface area contributed by atoms with Crippen molar-refractivity contribution in [3.05, 3.63) is 78.4 Å². The van der Waals surface area contributed by atoms with Crippen LogP contribution in [0, 0.1) is 0 Å². The molecule has 0 saturated carbocycles. The highest BCUT2D eigenvalue weighted by molar-refractivity contribution is 6.05. The number of aryl methyl sites for hydroxylation is 1. The summed E-state index contributed by atoms with van der Waals surface area (Å²) in [7, 11) is 3.08. The number of ether oxygens (including phenoxy) is 2. The lowest BCUT2D eigenvalue weighted by atomic mass is 10.2. The van der Waals surface area contributed by atoms with Crippen molar-refractivity contribution < 1.29 is 23.6 Å². The summed E-state index contributed by atoms with van der Waals surface area (Å²) in [5.41, 5.74) is 2.20. The first-order valence-electron chi connectivity index (χ1n) is 10.7. The van der Waals surface area contributed by atoms with Gasteiger partial charge in [0, 0.05) is 42.6 Å². The average Bonchev–Trinajstić information content (AvgIpc) is 3.38. The van der Waals surface area contributed by atoms with Crippen LogP contribution in [0.1, 0.15) is 22.7 Å². The third-order valence-electron chi connectivity index (χ3n) is 5.04. The van der Waals surface area contributed by atoms with Gasteiger partial charge in [0.05, 0.1) is 25.5 Å². The Labute approximate surface area is 201 Å². The third kappa shape index (κ3) is 5.99. The van der Waals surface area contributed by atoms with Crippen LogP contribution in [-0.2, 0) is 11.2 Å². The van der Waals surface area contributed by atoms with Crippen LogP contribution in [0.3, 0.4) is 0 Å². The maximum atomic E-state index is 12.4. The van der Waals surface area contributed by atoms with E-state index in [1.165, 1.54) is 13.3 Å². The molecule has 0 atom stereocenters. The molecule has 10 nitrogen and oxygen atoms in total. The van der Waals surface area contributed by atoms with E-state index < -0.39 is 0 Å². The van der Waals surface area contributed by atoms with Crippen LogP contribution < -0.4 is 20.1 Å². The van der Waals surface area contributed by atoms with Crippen molar-refractivity contribution in [2.24, 2.45) is 0 Å². The van der Waals surface area contributed by atoms with E-state index in [1.807, 2.05) is 24.3 Å². The van der Waals surface area contributed by atoms with E-state index in [9.17, 15) is 9.59 Å². The summed E-state index contributed by atoms with van der Waals surface area (Å²) >= 11 is 0. The van der Waals surface area contributed by atoms with Gasteiger partial charge in [-0.25, -0.2) is 0 Å². The molecule has 2 aromatic carbocycles. The van der Waals surface area contributed by atoms with Gasteiger partial charge in [0.15, 0.2) is 0 Å². The monoisotopic (exact) mass is 473 g/mol. The molecule has 0 aliphatic heterocycles. The van der Waals surface area contributed by atoms with Gasteiger partial charge in [0.2, 0.25) is 17.6 Å². The summed E-state index contributed by atoms with van der Waals surface area (Å²) in [6.07, 6.45) is 3.49. The zero-order chi connectivity index (χ0) is 24.6. The highest BCUT2D eigenvalue weighted by Crippen LogP contribution is 2.28. The summed E-state index contributed by atoms with van der Waals surface area (Å²) in [4.78, 5) is 33.1. The smallest absolute Gasteiger partial charge is 0.257 e. The van der Waals surface area contributed by atoms with Crippen molar-refractivity contribution in [3.8, 4) is 22.9 Å². The first-order chi connectivity index (χ1) is 17.1. The first-order valence-corrected chi connectivity index (χ1v) is 10.7. The molecule has 0 unspecified atom stereocenters. The molecule has 2 aromatic heterocycles. The fourth-order valence-corrected chi connectivity index (χ4v) is 3.22. The zero-order valence-electron chi connectivity index (χ0n) is 19.1. The minimum Gasteiger partial charge on any atom is -0.497 e. The van der Waals surface area contributed by atoms with E-state index in [-0.39, 0.29) is 24.7 Å². The van der Waals surface area contributed by atoms with Crippen molar-refractivity contribution in [1.82, 2.24) is 15.1 Å². The number of hydrogen-bond donors (Lipinski definition) is 2. The highest BCUT2D eigenvalue weighted by atomic mass is 16.5. The topological polar surface area (TPSA) is 128 Å². The molecular weight excluding hydrogens is 450 g/mol. The van der Waals surface area contributed by atoms with Gasteiger partial charge in [-0.2, -0.15) is 4.98 Å². The van der Waals surface area contributed by atoms with Gasteiger partial charge in [-0.3, -0.25) is 14.6 Å². The Balaban J connectivity index is 1.33. The van der Waals surface area contributed by atoms with E-state index in [0.717, 1.165) is 11.3 Å². The predicted molar refractivity (Wildman–Crippen MR) is 128 cm³/mol. The summed E-state index contributed by atoms with van der Waals surface area (Å²) in [5.74, 6) is 1.38. The second kappa shape index (κ2) is 10.9. The van der Waals surface area contributed by atoms with Crippen molar-refractivity contribution in [1.29, 1.82) is 0 Å². The molecule has 2 heterocycles. The lowest BCUT2D eigenvalue weighted by Crippen LogP contribution is -2.14. The predicted octanol–water partition coefficient (Wildman–Crippen LogP) is 3.97. The Morgan fingerprint density at radius 3 is 2.54 bits per heavy atom. The molecule has 0 aliphatic carbocycles. The molecule has 0 bridgehead atoms. The molecule has 4 rings (SSSR count). The van der Waals surface area contributed by atoms with Crippen LogP contribution in [0.15, 0.2) is 71.5 Å². The molecular formula is C25H23N5O5. The van der Waals surface area contributed by atoms with E-state index in [1.54, 1.807) is 43.6 Å². The number of carbonyl (C=O) groups is 2. The largest absolute Gasteiger partial charge is 0.497 e. The van der Waals surface area contributed by atoms with Gasteiger partial charge in [-0.05, 0) is 48.5 Å². The molecule has 0 saturated heterocycles. The molecule has 2 N–H and O–H groups in total. The number of hydrogen-bond acceptors (Lipinski definition) is 8. The van der Waals surface area contributed by atoms with Crippen LogP contribution in [0.25, 0.3) is 11.4 Å². The normalized spacial score (nSPS) is 10.5. The van der Waals surface area contributed by atoms with Gasteiger partial charge in [-0.15, -0.1) is 0 Å². The number of anilines is 2.